The van der Waals surface area contributed by atoms with Crippen LogP contribution in [0.25, 0.3) is 21.5 Å². The van der Waals surface area contributed by atoms with Gasteiger partial charge in [0.25, 0.3) is 0 Å². The van der Waals surface area contributed by atoms with Crippen molar-refractivity contribution in [1.82, 2.24) is 0 Å². The molecule has 2 aliphatic rings. The van der Waals surface area contributed by atoms with Gasteiger partial charge in [-0.1, -0.05) is 76.2 Å². The van der Waals surface area contributed by atoms with Gasteiger partial charge in [0, 0.05) is 22.0 Å². The third-order valence-electron chi connectivity index (χ3n) is 5.96. The maximum Gasteiger partial charge on any atom is 0.184 e. The van der Waals surface area contributed by atoms with E-state index in [-0.39, 0.29) is 23.4 Å². The van der Waals surface area contributed by atoms with E-state index in [0.717, 1.165) is 21.9 Å². The van der Waals surface area contributed by atoms with Crippen LogP contribution in [-0.2, 0) is 18.9 Å². The molecule has 0 saturated carbocycles. The van der Waals surface area contributed by atoms with E-state index in [1.54, 1.807) is 0 Å². The Morgan fingerprint density at radius 1 is 0.567 bits per heavy atom. The standard InChI is InChI=1S/C26H30O4/c1-25(2)13-27-23(28-14-25)19-9-5-7-17-11-12-18-8-6-10-20(22(18)21(17)19)24-29-15-26(3,4)16-30-24/h5-12,23-24H,13-16H2,1-4H3. The van der Waals surface area contributed by atoms with Gasteiger partial charge in [-0.15, -0.1) is 0 Å². The predicted molar refractivity (Wildman–Crippen MR) is 118 cm³/mol. The number of ether oxygens (including phenoxy) is 4. The van der Waals surface area contributed by atoms with E-state index in [9.17, 15) is 0 Å². The first-order valence-electron chi connectivity index (χ1n) is 10.7. The molecule has 30 heavy (non-hydrogen) atoms. The second-order valence-electron chi connectivity index (χ2n) is 10.2. The largest absolute Gasteiger partial charge is 0.348 e. The summed E-state index contributed by atoms with van der Waals surface area (Å²) >= 11 is 0. The van der Waals surface area contributed by atoms with Gasteiger partial charge < -0.3 is 18.9 Å². The molecular formula is C26H30O4. The van der Waals surface area contributed by atoms with E-state index in [0.29, 0.717) is 26.4 Å². The van der Waals surface area contributed by atoms with Gasteiger partial charge in [0.2, 0.25) is 0 Å². The molecule has 5 rings (SSSR count). The van der Waals surface area contributed by atoms with E-state index in [2.05, 4.69) is 76.2 Å². The molecule has 0 N–H and O–H groups in total. The number of rotatable bonds is 2. The summed E-state index contributed by atoms with van der Waals surface area (Å²) in [5, 5.41) is 4.65. The average molecular weight is 407 g/mol. The fourth-order valence-electron chi connectivity index (χ4n) is 4.35. The second kappa shape index (κ2) is 7.31. The van der Waals surface area contributed by atoms with Crippen LogP contribution in [0.5, 0.6) is 0 Å². The minimum absolute atomic E-state index is 0.0326. The van der Waals surface area contributed by atoms with Crippen LogP contribution in [0.3, 0.4) is 0 Å². The van der Waals surface area contributed by atoms with Gasteiger partial charge in [0.1, 0.15) is 0 Å². The summed E-state index contributed by atoms with van der Waals surface area (Å²) in [6.45, 7) is 11.4. The molecule has 3 aromatic carbocycles. The maximum absolute atomic E-state index is 6.16. The van der Waals surface area contributed by atoms with Gasteiger partial charge in [-0.2, -0.15) is 0 Å². The summed E-state index contributed by atoms with van der Waals surface area (Å²) in [4.78, 5) is 0. The molecule has 2 saturated heterocycles. The first-order valence-corrected chi connectivity index (χ1v) is 10.7. The summed E-state index contributed by atoms with van der Waals surface area (Å²) in [5.74, 6) is 0. The number of benzene rings is 3. The smallest absolute Gasteiger partial charge is 0.184 e. The molecule has 2 heterocycles. The molecule has 0 atom stereocenters. The lowest BCUT2D eigenvalue weighted by Crippen LogP contribution is -2.34. The zero-order chi connectivity index (χ0) is 20.9. The Balaban J connectivity index is 1.65. The maximum atomic E-state index is 6.16. The lowest BCUT2D eigenvalue weighted by Gasteiger charge is -2.36. The molecule has 0 unspecified atom stereocenters. The quantitative estimate of drug-likeness (QED) is 0.479. The SMILES string of the molecule is CC1(C)COC(c2cccc3ccc4cccc(C5OCC(C)(C)CO5)c4c23)OC1. The first-order chi connectivity index (χ1) is 14.3. The van der Waals surface area contributed by atoms with Crippen molar-refractivity contribution in [2.24, 2.45) is 10.8 Å². The van der Waals surface area contributed by atoms with E-state index in [1.165, 1.54) is 10.8 Å². The van der Waals surface area contributed by atoms with Crippen LogP contribution in [0.4, 0.5) is 0 Å². The van der Waals surface area contributed by atoms with Gasteiger partial charge >= 0.3 is 0 Å². The molecule has 0 aliphatic carbocycles. The lowest BCUT2D eigenvalue weighted by molar-refractivity contribution is -0.226. The third kappa shape index (κ3) is 3.63. The molecule has 158 valence electrons. The summed E-state index contributed by atoms with van der Waals surface area (Å²) in [6.07, 6.45) is -0.736. The Labute approximate surface area is 178 Å². The van der Waals surface area contributed by atoms with Crippen LogP contribution >= 0.6 is 0 Å². The summed E-state index contributed by atoms with van der Waals surface area (Å²) in [5.41, 5.74) is 2.20. The minimum atomic E-state index is -0.368. The van der Waals surface area contributed by atoms with Gasteiger partial charge in [0.05, 0.1) is 26.4 Å². The van der Waals surface area contributed by atoms with E-state index in [1.807, 2.05) is 0 Å². The van der Waals surface area contributed by atoms with Crippen LogP contribution in [0.15, 0.2) is 48.5 Å². The van der Waals surface area contributed by atoms with E-state index in [4.69, 9.17) is 18.9 Å². The Bertz CT molecular complexity index is 978. The average Bonchev–Trinajstić information content (AvgIpc) is 2.73. The molecule has 0 bridgehead atoms. The Morgan fingerprint density at radius 3 is 1.30 bits per heavy atom. The van der Waals surface area contributed by atoms with Gasteiger partial charge in [-0.05, 0) is 21.5 Å². The molecule has 0 amide bonds. The summed E-state index contributed by atoms with van der Waals surface area (Å²) < 4.78 is 24.7. The highest BCUT2D eigenvalue weighted by molar-refractivity contribution is 6.11. The molecule has 0 radical (unpaired) electrons. The molecule has 2 aliphatic heterocycles. The molecule has 2 fully saturated rings. The van der Waals surface area contributed by atoms with Gasteiger partial charge in [-0.25, -0.2) is 0 Å². The van der Waals surface area contributed by atoms with Crippen molar-refractivity contribution < 1.29 is 18.9 Å². The molecule has 0 aromatic heterocycles. The van der Waals surface area contributed by atoms with Crippen LogP contribution in [0.1, 0.15) is 51.4 Å². The van der Waals surface area contributed by atoms with Crippen LogP contribution in [0, 0.1) is 10.8 Å². The van der Waals surface area contributed by atoms with Crippen LogP contribution in [-0.4, -0.2) is 26.4 Å². The fraction of sp³-hybridized carbons (Fsp3) is 0.462. The highest BCUT2D eigenvalue weighted by Crippen LogP contribution is 2.41. The Kier molecular flexibility index (Phi) is 4.86. The van der Waals surface area contributed by atoms with Crippen LogP contribution < -0.4 is 0 Å². The summed E-state index contributed by atoms with van der Waals surface area (Å²) in [7, 11) is 0. The van der Waals surface area contributed by atoms with Gasteiger partial charge in [0.15, 0.2) is 12.6 Å². The molecule has 4 nitrogen and oxygen atoms in total. The highest BCUT2D eigenvalue weighted by atomic mass is 16.7. The highest BCUT2D eigenvalue weighted by Gasteiger charge is 2.32. The monoisotopic (exact) mass is 406 g/mol. The molecule has 0 spiro atoms. The zero-order valence-electron chi connectivity index (χ0n) is 18.2. The normalized spacial score (nSPS) is 22.5. The van der Waals surface area contributed by atoms with Crippen molar-refractivity contribution in [1.29, 1.82) is 0 Å². The third-order valence-corrected chi connectivity index (χ3v) is 5.96. The molecule has 3 aromatic rings. The number of hydrogen-bond acceptors (Lipinski definition) is 4. The van der Waals surface area contributed by atoms with Gasteiger partial charge in [-0.3, -0.25) is 0 Å². The predicted octanol–water partition coefficient (Wildman–Crippen LogP) is 6.14. The van der Waals surface area contributed by atoms with Crippen molar-refractivity contribution in [3.63, 3.8) is 0 Å². The second-order valence-corrected chi connectivity index (χ2v) is 10.2. The minimum Gasteiger partial charge on any atom is -0.348 e. The summed E-state index contributed by atoms with van der Waals surface area (Å²) in [6, 6.07) is 17.0. The van der Waals surface area contributed by atoms with E-state index >= 15 is 0 Å². The van der Waals surface area contributed by atoms with Crippen molar-refractivity contribution in [2.75, 3.05) is 26.4 Å². The van der Waals surface area contributed by atoms with Crippen LogP contribution in [0.2, 0.25) is 0 Å². The van der Waals surface area contributed by atoms with Crippen molar-refractivity contribution in [2.45, 2.75) is 40.3 Å². The number of hydrogen-bond donors (Lipinski definition) is 0. The van der Waals surface area contributed by atoms with Crippen molar-refractivity contribution in [3.8, 4) is 0 Å². The topological polar surface area (TPSA) is 36.9 Å². The fourth-order valence-corrected chi connectivity index (χ4v) is 4.35. The molecular weight excluding hydrogens is 376 g/mol. The molecule has 4 heteroatoms. The van der Waals surface area contributed by atoms with E-state index < -0.39 is 0 Å². The first kappa shape index (κ1) is 20.0. The van der Waals surface area contributed by atoms with Crippen molar-refractivity contribution >= 4 is 21.5 Å². The zero-order valence-corrected chi connectivity index (χ0v) is 18.2. The Hall–Kier alpha value is -1.98. The lowest BCUT2D eigenvalue weighted by atomic mass is 9.91. The van der Waals surface area contributed by atoms with Crippen molar-refractivity contribution in [3.05, 3.63) is 59.7 Å². The Morgan fingerprint density at radius 2 is 0.933 bits per heavy atom. The number of fused-ring (bicyclic) bond motifs is 3.